The highest BCUT2D eigenvalue weighted by molar-refractivity contribution is 6.01. The molecule has 0 spiro atoms. The van der Waals surface area contributed by atoms with Gasteiger partial charge in [0.15, 0.2) is 0 Å². The third-order valence-corrected chi connectivity index (χ3v) is 3.04. The van der Waals surface area contributed by atoms with Crippen molar-refractivity contribution in [2.75, 3.05) is 5.73 Å². The lowest BCUT2D eigenvalue weighted by molar-refractivity contribution is 1.30. The quantitative estimate of drug-likeness (QED) is 0.519. The van der Waals surface area contributed by atoms with Crippen molar-refractivity contribution in [2.24, 2.45) is 5.11 Å². The molecule has 3 N–H and O–H groups in total. The number of aromatic nitrogens is 1. The first-order valence-corrected chi connectivity index (χ1v) is 5.61. The van der Waals surface area contributed by atoms with E-state index in [0.29, 0.717) is 11.4 Å². The highest BCUT2D eigenvalue weighted by Gasteiger charge is 2.12. The van der Waals surface area contributed by atoms with Crippen molar-refractivity contribution in [2.45, 2.75) is 0 Å². The van der Waals surface area contributed by atoms with Crippen LogP contribution in [-0.4, -0.2) is 4.98 Å². The second kappa shape index (κ2) is 4.00. The second-order valence-corrected chi connectivity index (χ2v) is 4.09. The average Bonchev–Trinajstić information content (AvgIpc) is 2.82. The summed E-state index contributed by atoms with van der Waals surface area (Å²) in [4.78, 5) is 3.19. The molecule has 4 heteroatoms. The topological polar surface area (TPSA) is 76.5 Å². The highest BCUT2D eigenvalue weighted by Crippen LogP contribution is 2.38. The molecular formula is C14H11N4. The molecule has 0 amide bonds. The number of hydrogen-bond donors (Lipinski definition) is 2. The molecule has 0 bridgehead atoms. The Hall–Kier alpha value is -2.62. The highest BCUT2D eigenvalue weighted by atomic mass is 15.0. The van der Waals surface area contributed by atoms with Gasteiger partial charge in [-0.1, -0.05) is 24.3 Å². The number of benzene rings is 2. The summed E-state index contributed by atoms with van der Waals surface area (Å²) in [6.45, 7) is 0. The molecule has 0 unspecified atom stereocenters. The first kappa shape index (κ1) is 10.5. The Balaban J connectivity index is 2.36. The molecule has 0 fully saturated rings. The molecule has 0 aliphatic heterocycles. The van der Waals surface area contributed by atoms with Crippen molar-refractivity contribution in [3.63, 3.8) is 0 Å². The molecule has 87 valence electrons. The molecule has 2 aromatic carbocycles. The van der Waals surface area contributed by atoms with Gasteiger partial charge in [0.05, 0.1) is 5.69 Å². The normalized spacial score (nSPS) is 10.7. The summed E-state index contributed by atoms with van der Waals surface area (Å²) in [5, 5.41) is 4.36. The first-order valence-electron chi connectivity index (χ1n) is 5.61. The van der Waals surface area contributed by atoms with E-state index in [-0.39, 0.29) is 0 Å². The Kier molecular flexibility index (Phi) is 2.34. The fourth-order valence-corrected chi connectivity index (χ4v) is 2.21. The van der Waals surface area contributed by atoms with E-state index >= 15 is 0 Å². The maximum atomic E-state index is 9.07. The molecule has 18 heavy (non-hydrogen) atoms. The molecule has 0 aliphatic carbocycles. The zero-order valence-electron chi connectivity index (χ0n) is 9.59. The molecule has 0 aliphatic rings. The number of nitrogen functional groups attached to an aromatic ring is 1. The summed E-state index contributed by atoms with van der Waals surface area (Å²) in [6.07, 6.45) is 1.88. The number of para-hydroxylation sites is 1. The van der Waals surface area contributed by atoms with Gasteiger partial charge in [0.25, 0.3) is 0 Å². The van der Waals surface area contributed by atoms with Crippen LogP contribution in [0.5, 0.6) is 0 Å². The summed E-state index contributed by atoms with van der Waals surface area (Å²) in [5.41, 5.74) is 18.8. The van der Waals surface area contributed by atoms with Gasteiger partial charge in [-0.05, 0) is 23.7 Å². The summed E-state index contributed by atoms with van der Waals surface area (Å²) in [7, 11) is 0. The fourth-order valence-electron chi connectivity index (χ4n) is 2.21. The molecule has 3 rings (SSSR count). The third kappa shape index (κ3) is 1.47. The van der Waals surface area contributed by atoms with Gasteiger partial charge >= 0.3 is 0 Å². The zero-order valence-corrected chi connectivity index (χ0v) is 9.59. The average molecular weight is 235 g/mol. The number of nitrogens with two attached hydrogens (primary N) is 1. The third-order valence-electron chi connectivity index (χ3n) is 3.04. The van der Waals surface area contributed by atoms with Gasteiger partial charge in [-0.25, -0.2) is 0 Å². The van der Waals surface area contributed by atoms with E-state index in [1.165, 1.54) is 0 Å². The van der Waals surface area contributed by atoms with Crippen molar-refractivity contribution in [1.82, 2.24) is 10.5 Å². The molecule has 0 atom stereocenters. The summed E-state index contributed by atoms with van der Waals surface area (Å²) in [6, 6.07) is 13.2. The first-order chi connectivity index (χ1) is 8.81. The molecular weight excluding hydrogens is 224 g/mol. The number of H-pyrrole nitrogens is 1. The molecule has 1 aromatic heterocycles. The van der Waals surface area contributed by atoms with Crippen molar-refractivity contribution in [3.8, 4) is 11.1 Å². The van der Waals surface area contributed by atoms with Gasteiger partial charge in [-0.3, -0.25) is 0 Å². The molecule has 1 heterocycles. The maximum Gasteiger partial charge on any atom is 0.0975 e. The monoisotopic (exact) mass is 235 g/mol. The summed E-state index contributed by atoms with van der Waals surface area (Å²) >= 11 is 0. The van der Waals surface area contributed by atoms with Crippen molar-refractivity contribution < 1.29 is 0 Å². The lowest BCUT2D eigenvalue weighted by atomic mass is 10.0. The molecule has 1 radical (unpaired) electrons. The Morgan fingerprint density at radius 3 is 2.72 bits per heavy atom. The van der Waals surface area contributed by atoms with Gasteiger partial charge in [-0.15, -0.1) is 5.11 Å². The van der Waals surface area contributed by atoms with Crippen molar-refractivity contribution >= 4 is 22.3 Å². The predicted molar refractivity (Wildman–Crippen MR) is 72.4 cm³/mol. The maximum absolute atomic E-state index is 9.07. The number of hydrogen-bond acceptors (Lipinski definition) is 2. The van der Waals surface area contributed by atoms with E-state index < -0.39 is 0 Å². The number of nitrogens with one attached hydrogen (secondary N) is 1. The smallest absolute Gasteiger partial charge is 0.0975 e. The van der Waals surface area contributed by atoms with Gasteiger partial charge < -0.3 is 10.7 Å². The van der Waals surface area contributed by atoms with Gasteiger partial charge in [0, 0.05) is 33.9 Å². The largest absolute Gasteiger partial charge is 0.398 e. The van der Waals surface area contributed by atoms with E-state index in [1.54, 1.807) is 18.2 Å². The van der Waals surface area contributed by atoms with E-state index in [2.05, 4.69) is 10.1 Å². The van der Waals surface area contributed by atoms with Crippen LogP contribution in [0, 0.1) is 0 Å². The second-order valence-electron chi connectivity index (χ2n) is 4.09. The Morgan fingerprint density at radius 2 is 1.89 bits per heavy atom. The van der Waals surface area contributed by atoms with Gasteiger partial charge in [-0.2, -0.15) is 0 Å². The van der Waals surface area contributed by atoms with Crippen LogP contribution in [0.3, 0.4) is 0 Å². The molecule has 3 aromatic rings. The number of rotatable bonds is 2. The van der Waals surface area contributed by atoms with E-state index in [4.69, 9.17) is 11.3 Å². The SMILES string of the molecule is [N]=Nc1cccc(N)c1-c1c[nH]c2ccccc12. The van der Waals surface area contributed by atoms with Crippen molar-refractivity contribution in [3.05, 3.63) is 48.7 Å². The van der Waals surface area contributed by atoms with Crippen LogP contribution in [0.1, 0.15) is 0 Å². The van der Waals surface area contributed by atoms with Crippen LogP contribution in [-0.2, 0) is 0 Å². The van der Waals surface area contributed by atoms with Crippen LogP contribution >= 0.6 is 0 Å². The van der Waals surface area contributed by atoms with E-state index in [9.17, 15) is 0 Å². The zero-order chi connectivity index (χ0) is 12.5. The minimum absolute atomic E-state index is 0.472. The van der Waals surface area contributed by atoms with Gasteiger partial charge in [0.2, 0.25) is 0 Å². The molecule has 0 saturated carbocycles. The van der Waals surface area contributed by atoms with Crippen LogP contribution < -0.4 is 11.3 Å². The lowest BCUT2D eigenvalue weighted by Gasteiger charge is -2.06. The minimum Gasteiger partial charge on any atom is -0.398 e. The lowest BCUT2D eigenvalue weighted by Crippen LogP contribution is -1.89. The Labute approximate surface area is 104 Å². The standard InChI is InChI=1S/C14H11N4/c15-11-5-3-7-13(18-16)14(11)10-8-17-12-6-2-1-4-9(10)12/h1-8,17H,15H2. The minimum atomic E-state index is 0.472. The van der Waals surface area contributed by atoms with Crippen LogP contribution in [0.15, 0.2) is 53.8 Å². The number of fused-ring (bicyclic) bond motifs is 1. The Morgan fingerprint density at radius 1 is 1.06 bits per heavy atom. The number of anilines is 1. The Bertz CT molecular complexity index is 727. The van der Waals surface area contributed by atoms with E-state index in [0.717, 1.165) is 22.0 Å². The van der Waals surface area contributed by atoms with Gasteiger partial charge in [0.1, 0.15) is 0 Å². The van der Waals surface area contributed by atoms with Crippen LogP contribution in [0.4, 0.5) is 11.4 Å². The van der Waals surface area contributed by atoms with Crippen molar-refractivity contribution in [1.29, 1.82) is 0 Å². The number of nitrogens with zero attached hydrogens (tertiary/aromatic N) is 2. The molecule has 4 nitrogen and oxygen atoms in total. The van der Waals surface area contributed by atoms with Crippen LogP contribution in [0.2, 0.25) is 0 Å². The van der Waals surface area contributed by atoms with Crippen LogP contribution in [0.25, 0.3) is 22.0 Å². The summed E-state index contributed by atoms with van der Waals surface area (Å²) in [5.74, 6) is 0. The fraction of sp³-hybridized carbons (Fsp3) is 0. The van der Waals surface area contributed by atoms with E-state index in [1.807, 2.05) is 30.5 Å². The number of aromatic amines is 1. The predicted octanol–water partition coefficient (Wildman–Crippen LogP) is 3.30. The molecule has 0 saturated heterocycles. The summed E-state index contributed by atoms with van der Waals surface area (Å²) < 4.78 is 0.